The van der Waals surface area contributed by atoms with E-state index in [2.05, 4.69) is 42.2 Å². The maximum absolute atomic E-state index is 12.1. The summed E-state index contributed by atoms with van der Waals surface area (Å²) in [4.78, 5) is 17.2. The van der Waals surface area contributed by atoms with E-state index in [1.165, 1.54) is 11.8 Å². The van der Waals surface area contributed by atoms with Gasteiger partial charge in [0.15, 0.2) is 5.17 Å². The van der Waals surface area contributed by atoms with Gasteiger partial charge in [0.25, 0.3) is 5.91 Å². The molecule has 0 spiro atoms. The van der Waals surface area contributed by atoms with Crippen molar-refractivity contribution in [1.82, 2.24) is 5.32 Å². The van der Waals surface area contributed by atoms with E-state index in [4.69, 9.17) is 4.74 Å². The summed E-state index contributed by atoms with van der Waals surface area (Å²) >= 11 is 8.15. The molecule has 3 rings (SSSR count). The average Bonchev–Trinajstić information content (AvgIpc) is 2.89. The second kappa shape index (κ2) is 7.55. The number of nitrogens with zero attached hydrogens (tertiary/aromatic N) is 1. The number of aliphatic imine (C=N–C) groups is 1. The fourth-order valence-corrected chi connectivity index (χ4v) is 3.70. The van der Waals surface area contributed by atoms with Gasteiger partial charge < -0.3 is 10.1 Å². The van der Waals surface area contributed by atoms with E-state index in [0.717, 1.165) is 25.9 Å². The number of thioether (sulfide) groups is 1. The summed E-state index contributed by atoms with van der Waals surface area (Å²) in [5.74, 6) is 0.598. The van der Waals surface area contributed by atoms with Crippen molar-refractivity contribution >= 4 is 66.5 Å². The first-order chi connectivity index (χ1) is 11.5. The van der Waals surface area contributed by atoms with Crippen molar-refractivity contribution in [3.8, 4) is 5.75 Å². The van der Waals surface area contributed by atoms with Crippen molar-refractivity contribution in [2.75, 3.05) is 7.11 Å². The molecular formula is C17H12Br2N2O2S. The highest BCUT2D eigenvalue weighted by atomic mass is 79.9. The van der Waals surface area contributed by atoms with Crippen LogP contribution in [-0.4, -0.2) is 18.2 Å². The van der Waals surface area contributed by atoms with Crippen LogP contribution < -0.4 is 10.1 Å². The van der Waals surface area contributed by atoms with Gasteiger partial charge in [-0.15, -0.1) is 0 Å². The third-order valence-corrected chi connectivity index (χ3v) is 5.24. The summed E-state index contributed by atoms with van der Waals surface area (Å²) in [7, 11) is 1.61. The molecular weight excluding hydrogens is 456 g/mol. The molecule has 1 amide bonds. The zero-order chi connectivity index (χ0) is 17.1. The van der Waals surface area contributed by atoms with Gasteiger partial charge in [-0.2, -0.15) is 0 Å². The van der Waals surface area contributed by atoms with Crippen LogP contribution >= 0.6 is 43.6 Å². The molecule has 1 saturated heterocycles. The van der Waals surface area contributed by atoms with Crippen LogP contribution in [0.4, 0.5) is 5.69 Å². The fourth-order valence-electron chi connectivity index (χ4n) is 2.04. The van der Waals surface area contributed by atoms with Crippen molar-refractivity contribution in [3.63, 3.8) is 0 Å². The van der Waals surface area contributed by atoms with Crippen LogP contribution in [-0.2, 0) is 4.79 Å². The lowest BCUT2D eigenvalue weighted by Crippen LogP contribution is -2.19. The van der Waals surface area contributed by atoms with Crippen LogP contribution in [0.1, 0.15) is 5.56 Å². The normalized spacial score (nSPS) is 17.4. The first-order valence-corrected chi connectivity index (χ1v) is 9.34. The molecule has 1 aliphatic rings. The lowest BCUT2D eigenvalue weighted by Gasteiger charge is -2.03. The number of benzene rings is 2. The van der Waals surface area contributed by atoms with Crippen LogP contribution in [0.3, 0.4) is 0 Å². The largest absolute Gasteiger partial charge is 0.496 e. The van der Waals surface area contributed by atoms with Gasteiger partial charge in [-0.25, -0.2) is 4.99 Å². The van der Waals surface area contributed by atoms with E-state index in [0.29, 0.717) is 10.1 Å². The topological polar surface area (TPSA) is 50.7 Å². The van der Waals surface area contributed by atoms with E-state index in [1.54, 1.807) is 7.11 Å². The Morgan fingerprint density at radius 3 is 2.58 bits per heavy atom. The number of rotatable bonds is 3. The number of amidine groups is 1. The number of amides is 1. The van der Waals surface area contributed by atoms with E-state index in [-0.39, 0.29) is 5.91 Å². The van der Waals surface area contributed by atoms with Crippen LogP contribution in [0.5, 0.6) is 5.75 Å². The number of carbonyl (C=O) groups is 1. The van der Waals surface area contributed by atoms with Gasteiger partial charge in [0.1, 0.15) is 5.75 Å². The molecule has 1 N–H and O–H groups in total. The van der Waals surface area contributed by atoms with Crippen molar-refractivity contribution in [2.24, 2.45) is 4.99 Å². The van der Waals surface area contributed by atoms with Crippen LogP contribution in [0.25, 0.3) is 6.08 Å². The Hall–Kier alpha value is -1.57. The molecule has 0 bridgehead atoms. The van der Waals surface area contributed by atoms with Crippen molar-refractivity contribution in [3.05, 3.63) is 61.9 Å². The van der Waals surface area contributed by atoms with Crippen molar-refractivity contribution < 1.29 is 9.53 Å². The van der Waals surface area contributed by atoms with Gasteiger partial charge in [-0.3, -0.25) is 4.79 Å². The lowest BCUT2D eigenvalue weighted by molar-refractivity contribution is -0.115. The predicted octanol–water partition coefficient (Wildman–Crippen LogP) is 5.11. The number of hydrogen-bond donors (Lipinski definition) is 1. The standard InChI is InChI=1S/C17H12Br2N2O2S/c1-23-14-7-2-10(8-13(14)19)9-15-16(22)21-17(24-15)20-12-5-3-11(18)4-6-12/h2-9H,1H3,(H,20,21,22)/b15-9-. The monoisotopic (exact) mass is 466 g/mol. The number of ether oxygens (including phenoxy) is 1. The van der Waals surface area contributed by atoms with Gasteiger partial charge in [0.2, 0.25) is 0 Å². The predicted molar refractivity (Wildman–Crippen MR) is 106 cm³/mol. The molecule has 7 heteroatoms. The number of carbonyl (C=O) groups excluding carboxylic acids is 1. The summed E-state index contributed by atoms with van der Waals surface area (Å²) in [6.07, 6.45) is 1.83. The Morgan fingerprint density at radius 1 is 1.17 bits per heavy atom. The van der Waals surface area contributed by atoms with Gasteiger partial charge in [0, 0.05) is 4.47 Å². The van der Waals surface area contributed by atoms with Crippen molar-refractivity contribution in [1.29, 1.82) is 0 Å². The fraction of sp³-hybridized carbons (Fsp3) is 0.0588. The maximum atomic E-state index is 12.1. The summed E-state index contributed by atoms with van der Waals surface area (Å²) in [5, 5.41) is 3.35. The second-order valence-corrected chi connectivity index (χ2v) is 7.65. The Kier molecular flexibility index (Phi) is 5.43. The zero-order valence-electron chi connectivity index (χ0n) is 12.5. The van der Waals surface area contributed by atoms with Gasteiger partial charge in [-0.05, 0) is 75.7 Å². The van der Waals surface area contributed by atoms with Gasteiger partial charge >= 0.3 is 0 Å². The number of methoxy groups -OCH3 is 1. The molecule has 2 aromatic carbocycles. The number of nitrogens with one attached hydrogen (secondary N) is 1. The molecule has 1 aliphatic heterocycles. The molecule has 122 valence electrons. The van der Waals surface area contributed by atoms with Crippen LogP contribution in [0, 0.1) is 0 Å². The number of halogens is 2. The Bertz CT molecular complexity index is 848. The summed E-state index contributed by atoms with van der Waals surface area (Å²) < 4.78 is 7.03. The van der Waals surface area contributed by atoms with E-state index < -0.39 is 0 Å². The second-order valence-electron chi connectivity index (χ2n) is 4.85. The summed E-state index contributed by atoms with van der Waals surface area (Å²) in [5.41, 5.74) is 1.69. The third kappa shape index (κ3) is 4.09. The quantitative estimate of drug-likeness (QED) is 0.638. The highest BCUT2D eigenvalue weighted by molar-refractivity contribution is 9.10. The molecule has 2 aromatic rings. The molecule has 0 unspecified atom stereocenters. The molecule has 0 aromatic heterocycles. The highest BCUT2D eigenvalue weighted by Crippen LogP contribution is 2.31. The Balaban J connectivity index is 1.81. The SMILES string of the molecule is COc1ccc(/C=C2\SC(=Nc3ccc(Br)cc3)NC2=O)cc1Br. The van der Waals surface area contributed by atoms with E-state index in [1.807, 2.05) is 48.5 Å². The van der Waals surface area contributed by atoms with E-state index in [9.17, 15) is 4.79 Å². The minimum Gasteiger partial charge on any atom is -0.496 e. The maximum Gasteiger partial charge on any atom is 0.264 e. The highest BCUT2D eigenvalue weighted by Gasteiger charge is 2.23. The van der Waals surface area contributed by atoms with Crippen LogP contribution in [0.2, 0.25) is 0 Å². The Labute approximate surface area is 160 Å². The molecule has 1 heterocycles. The minimum absolute atomic E-state index is 0.150. The molecule has 0 atom stereocenters. The zero-order valence-corrected chi connectivity index (χ0v) is 16.5. The number of hydrogen-bond acceptors (Lipinski definition) is 4. The van der Waals surface area contributed by atoms with Gasteiger partial charge in [-0.1, -0.05) is 22.0 Å². The first kappa shape index (κ1) is 17.3. The average molecular weight is 468 g/mol. The lowest BCUT2D eigenvalue weighted by atomic mass is 10.2. The van der Waals surface area contributed by atoms with Gasteiger partial charge in [0.05, 0.1) is 22.2 Å². The summed E-state index contributed by atoms with van der Waals surface area (Å²) in [6.45, 7) is 0. The molecule has 0 radical (unpaired) electrons. The smallest absolute Gasteiger partial charge is 0.264 e. The molecule has 1 fully saturated rings. The molecule has 0 saturated carbocycles. The third-order valence-electron chi connectivity index (χ3n) is 3.18. The summed E-state index contributed by atoms with van der Waals surface area (Å²) in [6, 6.07) is 13.2. The Morgan fingerprint density at radius 2 is 1.92 bits per heavy atom. The molecule has 4 nitrogen and oxygen atoms in total. The molecule has 0 aliphatic carbocycles. The van der Waals surface area contributed by atoms with Crippen LogP contribution in [0.15, 0.2) is 61.3 Å². The minimum atomic E-state index is -0.150. The first-order valence-electron chi connectivity index (χ1n) is 6.94. The van der Waals surface area contributed by atoms with E-state index >= 15 is 0 Å². The van der Waals surface area contributed by atoms with Crippen molar-refractivity contribution in [2.45, 2.75) is 0 Å². The molecule has 24 heavy (non-hydrogen) atoms.